The Hall–Kier alpha value is -3.35. The van der Waals surface area contributed by atoms with E-state index >= 15 is 0 Å². The number of amides is 3. The smallest absolute Gasteiger partial charge is 0.319 e. The lowest BCUT2D eigenvalue weighted by molar-refractivity contribution is 0.0952. The van der Waals surface area contributed by atoms with E-state index in [-0.39, 0.29) is 11.9 Å². The van der Waals surface area contributed by atoms with Gasteiger partial charge in [0.2, 0.25) is 0 Å². The van der Waals surface area contributed by atoms with Gasteiger partial charge in [0, 0.05) is 26.2 Å². The molecule has 1 aliphatic heterocycles. The van der Waals surface area contributed by atoms with E-state index in [2.05, 4.69) is 10.4 Å². The summed E-state index contributed by atoms with van der Waals surface area (Å²) in [6, 6.07) is 15.5. The fourth-order valence-electron chi connectivity index (χ4n) is 3.55. The number of hydrogen-bond donors (Lipinski definition) is 1. The molecule has 1 aromatic heterocycles. The maximum absolute atomic E-state index is 12.7. The highest BCUT2D eigenvalue weighted by molar-refractivity contribution is 6.06. The Morgan fingerprint density at radius 2 is 1.89 bits per heavy atom. The number of fused-ring (bicyclic) bond motifs is 2. The standard InChI is InChI=1S/C21H23N5O2/c1-24(2)21(28)25-10-11-26-17(14-25)12-16(23-26)13-22-20(27)19-9-5-7-15-6-3-4-8-18(15)19/h3-9,12H,10-11,13-14H2,1-2H3,(H,22,27). The van der Waals surface area contributed by atoms with Crippen LogP contribution in [0.25, 0.3) is 10.8 Å². The number of carbonyl (C=O) groups excluding carboxylic acids is 2. The number of nitrogens with zero attached hydrogens (tertiary/aromatic N) is 4. The summed E-state index contributed by atoms with van der Waals surface area (Å²) in [6.45, 7) is 2.17. The summed E-state index contributed by atoms with van der Waals surface area (Å²) in [6.07, 6.45) is 0. The fourth-order valence-corrected chi connectivity index (χ4v) is 3.55. The van der Waals surface area contributed by atoms with Gasteiger partial charge in [-0.2, -0.15) is 5.10 Å². The Labute approximate surface area is 163 Å². The van der Waals surface area contributed by atoms with Crippen LogP contribution in [0.3, 0.4) is 0 Å². The SMILES string of the molecule is CN(C)C(=O)N1CCn2nc(CNC(=O)c3cccc4ccccc34)cc2C1. The lowest BCUT2D eigenvalue weighted by atomic mass is 10.0. The normalized spacial score (nSPS) is 13.3. The molecule has 0 atom stereocenters. The quantitative estimate of drug-likeness (QED) is 0.762. The maximum Gasteiger partial charge on any atom is 0.319 e. The van der Waals surface area contributed by atoms with Crippen molar-refractivity contribution in [2.24, 2.45) is 0 Å². The molecule has 28 heavy (non-hydrogen) atoms. The Bertz CT molecular complexity index is 1030. The molecule has 2 aromatic carbocycles. The highest BCUT2D eigenvalue weighted by Gasteiger charge is 2.23. The van der Waals surface area contributed by atoms with Gasteiger partial charge in [0.25, 0.3) is 5.91 Å². The van der Waals surface area contributed by atoms with Gasteiger partial charge < -0.3 is 15.1 Å². The van der Waals surface area contributed by atoms with E-state index in [0.29, 0.717) is 31.7 Å². The van der Waals surface area contributed by atoms with Crippen LogP contribution in [-0.2, 0) is 19.6 Å². The molecular formula is C21H23N5O2. The van der Waals surface area contributed by atoms with Crippen LogP contribution in [0.4, 0.5) is 4.79 Å². The Balaban J connectivity index is 1.45. The van der Waals surface area contributed by atoms with Gasteiger partial charge in [-0.05, 0) is 22.9 Å². The van der Waals surface area contributed by atoms with Gasteiger partial charge in [0.05, 0.1) is 31.0 Å². The Morgan fingerprint density at radius 3 is 2.71 bits per heavy atom. The van der Waals surface area contributed by atoms with E-state index in [1.165, 1.54) is 0 Å². The Morgan fingerprint density at radius 1 is 1.11 bits per heavy atom. The molecule has 144 valence electrons. The number of rotatable bonds is 3. The van der Waals surface area contributed by atoms with Crippen molar-refractivity contribution in [2.75, 3.05) is 20.6 Å². The van der Waals surface area contributed by atoms with Gasteiger partial charge in [-0.1, -0.05) is 36.4 Å². The highest BCUT2D eigenvalue weighted by Crippen LogP contribution is 2.19. The first-order valence-electron chi connectivity index (χ1n) is 9.31. The summed E-state index contributed by atoms with van der Waals surface area (Å²) < 4.78 is 1.92. The number of urea groups is 1. The molecule has 7 heteroatoms. The first kappa shape index (κ1) is 18.0. The minimum atomic E-state index is -0.118. The molecule has 0 spiro atoms. The lowest BCUT2D eigenvalue weighted by Gasteiger charge is -2.29. The van der Waals surface area contributed by atoms with Crippen LogP contribution >= 0.6 is 0 Å². The zero-order chi connectivity index (χ0) is 19.7. The van der Waals surface area contributed by atoms with E-state index in [1.54, 1.807) is 23.9 Å². The molecule has 0 unspecified atom stereocenters. The third-order valence-electron chi connectivity index (χ3n) is 4.97. The van der Waals surface area contributed by atoms with Crippen molar-refractivity contribution in [1.29, 1.82) is 0 Å². The van der Waals surface area contributed by atoms with Crippen molar-refractivity contribution in [3.05, 3.63) is 65.5 Å². The van der Waals surface area contributed by atoms with E-state index in [4.69, 9.17) is 0 Å². The summed E-state index contributed by atoms with van der Waals surface area (Å²) in [5.74, 6) is -0.118. The minimum absolute atomic E-state index is 0.00161. The third kappa shape index (κ3) is 3.43. The molecule has 0 saturated carbocycles. The second-order valence-corrected chi connectivity index (χ2v) is 7.16. The predicted octanol–water partition coefficient (Wildman–Crippen LogP) is 2.46. The Kier molecular flexibility index (Phi) is 4.73. The van der Waals surface area contributed by atoms with Gasteiger partial charge in [0.15, 0.2) is 0 Å². The predicted molar refractivity (Wildman–Crippen MR) is 107 cm³/mol. The van der Waals surface area contributed by atoms with Crippen LogP contribution in [-0.4, -0.2) is 52.2 Å². The average Bonchev–Trinajstić information content (AvgIpc) is 3.13. The molecule has 0 saturated heterocycles. The first-order chi connectivity index (χ1) is 13.5. The van der Waals surface area contributed by atoms with Crippen molar-refractivity contribution >= 4 is 22.7 Å². The summed E-state index contributed by atoms with van der Waals surface area (Å²) in [5.41, 5.74) is 2.43. The van der Waals surface area contributed by atoms with Crippen molar-refractivity contribution in [2.45, 2.75) is 19.6 Å². The van der Waals surface area contributed by atoms with Gasteiger partial charge in [-0.25, -0.2) is 4.79 Å². The molecule has 0 fully saturated rings. The third-order valence-corrected chi connectivity index (χ3v) is 4.97. The monoisotopic (exact) mass is 377 g/mol. The molecule has 7 nitrogen and oxygen atoms in total. The minimum Gasteiger partial charge on any atom is -0.346 e. The second kappa shape index (κ2) is 7.34. The molecular weight excluding hydrogens is 354 g/mol. The zero-order valence-corrected chi connectivity index (χ0v) is 16.1. The molecule has 0 radical (unpaired) electrons. The van der Waals surface area contributed by atoms with E-state index in [0.717, 1.165) is 22.2 Å². The van der Waals surface area contributed by atoms with Crippen molar-refractivity contribution in [3.8, 4) is 0 Å². The fraction of sp³-hybridized carbons (Fsp3) is 0.286. The molecule has 0 aliphatic carbocycles. The van der Waals surface area contributed by atoms with Gasteiger partial charge in [-0.3, -0.25) is 9.48 Å². The van der Waals surface area contributed by atoms with Gasteiger partial charge in [0.1, 0.15) is 0 Å². The van der Waals surface area contributed by atoms with Crippen molar-refractivity contribution in [3.63, 3.8) is 0 Å². The molecule has 1 aliphatic rings. The summed E-state index contributed by atoms with van der Waals surface area (Å²) in [7, 11) is 3.50. The molecule has 3 aromatic rings. The maximum atomic E-state index is 12.7. The van der Waals surface area contributed by atoms with Crippen LogP contribution in [0.5, 0.6) is 0 Å². The molecule has 4 rings (SSSR count). The lowest BCUT2D eigenvalue weighted by Crippen LogP contribution is -2.43. The van der Waals surface area contributed by atoms with Crippen molar-refractivity contribution < 1.29 is 9.59 Å². The summed E-state index contributed by atoms with van der Waals surface area (Å²) in [4.78, 5) is 28.2. The highest BCUT2D eigenvalue weighted by atomic mass is 16.2. The van der Waals surface area contributed by atoms with E-state index in [9.17, 15) is 9.59 Å². The van der Waals surface area contributed by atoms with Gasteiger partial charge >= 0.3 is 6.03 Å². The largest absolute Gasteiger partial charge is 0.346 e. The van der Waals surface area contributed by atoms with E-state index in [1.807, 2.05) is 53.2 Å². The second-order valence-electron chi connectivity index (χ2n) is 7.16. The van der Waals surface area contributed by atoms with Crippen molar-refractivity contribution in [1.82, 2.24) is 24.9 Å². The molecule has 3 amide bonds. The van der Waals surface area contributed by atoms with Crippen LogP contribution in [0.1, 0.15) is 21.7 Å². The first-order valence-corrected chi connectivity index (χ1v) is 9.31. The zero-order valence-electron chi connectivity index (χ0n) is 16.1. The van der Waals surface area contributed by atoms with Gasteiger partial charge in [-0.15, -0.1) is 0 Å². The number of nitrogens with one attached hydrogen (secondary N) is 1. The van der Waals surface area contributed by atoms with Crippen LogP contribution in [0.15, 0.2) is 48.5 Å². The number of carbonyl (C=O) groups is 2. The van der Waals surface area contributed by atoms with Crippen LogP contribution in [0, 0.1) is 0 Å². The van der Waals surface area contributed by atoms with E-state index < -0.39 is 0 Å². The average molecular weight is 377 g/mol. The van der Waals surface area contributed by atoms with Crippen LogP contribution in [0.2, 0.25) is 0 Å². The number of benzene rings is 2. The molecule has 2 heterocycles. The molecule has 0 bridgehead atoms. The van der Waals surface area contributed by atoms with Crippen LogP contribution < -0.4 is 5.32 Å². The number of hydrogen-bond acceptors (Lipinski definition) is 3. The summed E-state index contributed by atoms with van der Waals surface area (Å²) >= 11 is 0. The molecule has 1 N–H and O–H groups in total. The number of aromatic nitrogens is 2. The topological polar surface area (TPSA) is 70.5 Å². The summed E-state index contributed by atoms with van der Waals surface area (Å²) in [5, 5.41) is 9.51.